The molecule has 2 aromatic heterocycles. The lowest BCUT2D eigenvalue weighted by atomic mass is 10.1. The maximum absolute atomic E-state index is 12.6. The monoisotopic (exact) mass is 299 g/mol. The predicted octanol–water partition coefficient (Wildman–Crippen LogP) is 3.71. The van der Waals surface area contributed by atoms with Crippen LogP contribution in [0.25, 0.3) is 0 Å². The fourth-order valence-corrected chi connectivity index (χ4v) is 1.90. The van der Waals surface area contributed by atoms with Gasteiger partial charge in [0.1, 0.15) is 11.5 Å². The number of nitrogens with one attached hydrogen (secondary N) is 1. The minimum absolute atomic E-state index is 0.0547. The van der Waals surface area contributed by atoms with Gasteiger partial charge in [-0.15, -0.1) is 0 Å². The summed E-state index contributed by atoms with van der Waals surface area (Å²) in [6.45, 7) is 1.87. The third-order valence-electron chi connectivity index (χ3n) is 3.03. The molecular formula is C14H16F3N3O. The summed E-state index contributed by atoms with van der Waals surface area (Å²) in [5.74, 6) is 0.835. The van der Waals surface area contributed by atoms with Crippen molar-refractivity contribution in [1.29, 1.82) is 0 Å². The fourth-order valence-electron chi connectivity index (χ4n) is 1.90. The zero-order valence-electron chi connectivity index (χ0n) is 11.4. The fraction of sp³-hybridized carbons (Fsp3) is 0.357. The summed E-state index contributed by atoms with van der Waals surface area (Å²) in [7, 11) is 0. The summed E-state index contributed by atoms with van der Waals surface area (Å²) >= 11 is 0. The summed E-state index contributed by atoms with van der Waals surface area (Å²) < 4.78 is 43.1. The molecule has 0 saturated carbocycles. The van der Waals surface area contributed by atoms with Gasteiger partial charge in [0, 0.05) is 12.5 Å². The van der Waals surface area contributed by atoms with E-state index in [0.29, 0.717) is 12.8 Å². The van der Waals surface area contributed by atoms with E-state index in [-0.39, 0.29) is 17.4 Å². The smallest absolute Gasteiger partial charge is 0.433 e. The minimum atomic E-state index is -4.48. The first-order valence-electron chi connectivity index (χ1n) is 6.48. The molecule has 2 aromatic rings. The third-order valence-corrected chi connectivity index (χ3v) is 3.03. The molecule has 0 saturated heterocycles. The molecule has 2 heterocycles. The van der Waals surface area contributed by atoms with Gasteiger partial charge in [-0.3, -0.25) is 0 Å². The van der Waals surface area contributed by atoms with Gasteiger partial charge in [0.15, 0.2) is 0 Å². The van der Waals surface area contributed by atoms with Crippen LogP contribution in [0.2, 0.25) is 0 Å². The molecule has 0 amide bonds. The Morgan fingerprint density at radius 2 is 2.19 bits per heavy atom. The van der Waals surface area contributed by atoms with Gasteiger partial charge in [-0.25, -0.2) is 4.98 Å². The number of nitrogen functional groups attached to an aromatic ring is 1. The van der Waals surface area contributed by atoms with E-state index in [1.165, 1.54) is 0 Å². The second kappa shape index (κ2) is 6.07. The highest BCUT2D eigenvalue weighted by molar-refractivity contribution is 5.65. The van der Waals surface area contributed by atoms with Crippen LogP contribution in [0.5, 0.6) is 0 Å². The van der Waals surface area contributed by atoms with E-state index < -0.39 is 11.9 Å². The van der Waals surface area contributed by atoms with Crippen LogP contribution >= 0.6 is 0 Å². The van der Waals surface area contributed by atoms with Gasteiger partial charge in [-0.2, -0.15) is 13.2 Å². The Kier molecular flexibility index (Phi) is 4.40. The van der Waals surface area contributed by atoms with E-state index in [0.717, 1.165) is 18.0 Å². The molecule has 2 rings (SSSR count). The summed E-state index contributed by atoms with van der Waals surface area (Å²) in [5.41, 5.74) is 5.13. The van der Waals surface area contributed by atoms with Crippen molar-refractivity contribution in [3.63, 3.8) is 0 Å². The van der Waals surface area contributed by atoms with Gasteiger partial charge in [-0.05, 0) is 31.5 Å². The zero-order valence-corrected chi connectivity index (χ0v) is 11.4. The Morgan fingerprint density at radius 3 is 2.81 bits per heavy atom. The van der Waals surface area contributed by atoms with Crippen molar-refractivity contribution in [2.45, 2.75) is 32.0 Å². The van der Waals surface area contributed by atoms with E-state index in [1.54, 1.807) is 12.3 Å². The Bertz CT molecular complexity index is 582. The normalized spacial score (nSPS) is 13.1. The highest BCUT2D eigenvalue weighted by atomic mass is 19.4. The number of furan rings is 1. The van der Waals surface area contributed by atoms with Crippen LogP contribution in [0.1, 0.15) is 24.8 Å². The number of hydrogen-bond acceptors (Lipinski definition) is 4. The van der Waals surface area contributed by atoms with E-state index in [9.17, 15) is 13.2 Å². The molecule has 4 nitrogen and oxygen atoms in total. The molecule has 21 heavy (non-hydrogen) atoms. The van der Waals surface area contributed by atoms with Crippen LogP contribution in [-0.4, -0.2) is 11.0 Å². The number of anilines is 2. The van der Waals surface area contributed by atoms with Crippen molar-refractivity contribution in [2.24, 2.45) is 0 Å². The van der Waals surface area contributed by atoms with Crippen LogP contribution in [-0.2, 0) is 12.6 Å². The topological polar surface area (TPSA) is 64.1 Å². The molecule has 0 aliphatic rings. The largest absolute Gasteiger partial charge is 0.469 e. The average molecular weight is 299 g/mol. The number of rotatable bonds is 5. The van der Waals surface area contributed by atoms with Gasteiger partial charge in [0.25, 0.3) is 0 Å². The molecule has 1 unspecified atom stereocenters. The molecule has 114 valence electrons. The lowest BCUT2D eigenvalue weighted by molar-refractivity contribution is -0.141. The van der Waals surface area contributed by atoms with Crippen molar-refractivity contribution in [3.8, 4) is 0 Å². The van der Waals surface area contributed by atoms with Crippen molar-refractivity contribution in [1.82, 2.24) is 4.98 Å². The first-order valence-corrected chi connectivity index (χ1v) is 6.48. The maximum atomic E-state index is 12.6. The summed E-state index contributed by atoms with van der Waals surface area (Å²) in [6.07, 6.45) is -0.481. The molecule has 0 aromatic carbocycles. The Morgan fingerprint density at radius 1 is 1.43 bits per heavy atom. The number of alkyl halides is 3. The molecule has 0 fully saturated rings. The van der Waals surface area contributed by atoms with Gasteiger partial charge in [0.05, 0.1) is 23.8 Å². The van der Waals surface area contributed by atoms with Gasteiger partial charge in [-0.1, -0.05) is 0 Å². The number of hydrogen-bond donors (Lipinski definition) is 2. The molecule has 3 N–H and O–H groups in total. The lowest BCUT2D eigenvalue weighted by Crippen LogP contribution is -2.18. The standard InChI is InChI=1S/C14H16F3N3O/c1-9(4-5-10-3-2-6-21-10)20-12-7-13(14(15,16)17)19-8-11(12)18/h2-3,6-9H,4-5,18H2,1H3,(H,19,20). The van der Waals surface area contributed by atoms with E-state index in [2.05, 4.69) is 10.3 Å². The molecule has 1 atom stereocenters. The van der Waals surface area contributed by atoms with E-state index >= 15 is 0 Å². The summed E-state index contributed by atoms with van der Waals surface area (Å²) in [6, 6.07) is 4.53. The van der Waals surface area contributed by atoms with E-state index in [4.69, 9.17) is 10.2 Å². The molecule has 0 aliphatic carbocycles. The molecule has 0 spiro atoms. The predicted molar refractivity (Wildman–Crippen MR) is 73.8 cm³/mol. The van der Waals surface area contributed by atoms with Crippen molar-refractivity contribution in [2.75, 3.05) is 11.1 Å². The number of nitrogens with zero attached hydrogens (tertiary/aromatic N) is 1. The SMILES string of the molecule is CC(CCc1ccco1)Nc1cc(C(F)(F)F)ncc1N. The summed E-state index contributed by atoms with van der Waals surface area (Å²) in [5, 5.41) is 2.98. The number of halogens is 3. The van der Waals surface area contributed by atoms with E-state index in [1.807, 2.05) is 13.0 Å². The number of pyridine rings is 1. The first-order chi connectivity index (χ1) is 9.86. The second-order valence-electron chi connectivity index (χ2n) is 4.82. The molecule has 0 bridgehead atoms. The highest BCUT2D eigenvalue weighted by Crippen LogP contribution is 2.31. The molecular weight excluding hydrogens is 283 g/mol. The van der Waals surface area contributed by atoms with Crippen molar-refractivity contribution >= 4 is 11.4 Å². The Balaban J connectivity index is 2.01. The first kappa shape index (κ1) is 15.2. The number of aromatic nitrogens is 1. The van der Waals surface area contributed by atoms with Gasteiger partial charge < -0.3 is 15.5 Å². The van der Waals surface area contributed by atoms with Gasteiger partial charge in [0.2, 0.25) is 0 Å². The third kappa shape index (κ3) is 4.14. The zero-order chi connectivity index (χ0) is 15.5. The average Bonchev–Trinajstić information content (AvgIpc) is 2.91. The Hall–Kier alpha value is -2.18. The Labute approximate surface area is 120 Å². The quantitative estimate of drug-likeness (QED) is 0.883. The molecule has 0 radical (unpaired) electrons. The second-order valence-corrected chi connectivity index (χ2v) is 4.82. The van der Waals surface area contributed by atoms with Crippen LogP contribution < -0.4 is 11.1 Å². The summed E-state index contributed by atoms with van der Waals surface area (Å²) in [4.78, 5) is 3.30. The molecule has 7 heteroatoms. The lowest BCUT2D eigenvalue weighted by Gasteiger charge is -2.17. The van der Waals surface area contributed by atoms with Crippen molar-refractivity contribution < 1.29 is 17.6 Å². The molecule has 0 aliphatic heterocycles. The van der Waals surface area contributed by atoms with Crippen LogP contribution in [0.15, 0.2) is 35.1 Å². The number of nitrogens with two attached hydrogens (primary N) is 1. The van der Waals surface area contributed by atoms with Crippen LogP contribution in [0.3, 0.4) is 0 Å². The van der Waals surface area contributed by atoms with Crippen LogP contribution in [0, 0.1) is 0 Å². The maximum Gasteiger partial charge on any atom is 0.433 e. The number of aryl methyl sites for hydroxylation is 1. The van der Waals surface area contributed by atoms with Gasteiger partial charge >= 0.3 is 6.18 Å². The highest BCUT2D eigenvalue weighted by Gasteiger charge is 2.33. The minimum Gasteiger partial charge on any atom is -0.469 e. The van der Waals surface area contributed by atoms with Crippen molar-refractivity contribution in [3.05, 3.63) is 42.1 Å². The van der Waals surface area contributed by atoms with Crippen LogP contribution in [0.4, 0.5) is 24.5 Å².